The summed E-state index contributed by atoms with van der Waals surface area (Å²) in [6.07, 6.45) is 0. The molecule has 1 fully saturated rings. The van der Waals surface area contributed by atoms with Crippen LogP contribution in [0, 0.1) is 10.1 Å². The van der Waals surface area contributed by atoms with Crippen LogP contribution in [-0.4, -0.2) is 30.7 Å². The second-order valence-electron chi connectivity index (χ2n) is 4.32. The molecule has 18 heavy (non-hydrogen) atoms. The number of anilines is 1. The fourth-order valence-electron chi connectivity index (χ4n) is 2.15. The van der Waals surface area contributed by atoms with Crippen LogP contribution in [0.25, 0.3) is 0 Å². The van der Waals surface area contributed by atoms with Gasteiger partial charge in [-0.2, -0.15) is 0 Å². The highest BCUT2D eigenvalue weighted by Gasteiger charge is 2.21. The Bertz CT molecular complexity index is 453. The zero-order chi connectivity index (χ0) is 13.1. The van der Waals surface area contributed by atoms with Gasteiger partial charge in [0.1, 0.15) is 0 Å². The number of rotatable bonds is 3. The lowest BCUT2D eigenvalue weighted by molar-refractivity contribution is -0.385. The van der Waals surface area contributed by atoms with Crippen molar-refractivity contribution in [1.82, 2.24) is 0 Å². The number of benzene rings is 1. The van der Waals surface area contributed by atoms with Crippen LogP contribution >= 0.6 is 15.9 Å². The second kappa shape index (κ2) is 5.67. The molecule has 1 heterocycles. The Morgan fingerprint density at radius 3 is 3.00 bits per heavy atom. The normalized spacial score (nSPS) is 19.9. The molecule has 0 aliphatic carbocycles. The van der Waals surface area contributed by atoms with Crippen LogP contribution in [-0.2, 0) is 10.1 Å². The lowest BCUT2D eigenvalue weighted by atomic mass is 10.1. The third-order valence-corrected chi connectivity index (χ3v) is 3.71. The van der Waals surface area contributed by atoms with Crippen molar-refractivity contribution in [3.8, 4) is 0 Å². The number of alkyl halides is 1. The SMILES string of the molecule is CC1COCCN1c1ccc([N+](=O)[O-])c(CBr)c1. The topological polar surface area (TPSA) is 55.6 Å². The number of ether oxygens (including phenoxy) is 1. The summed E-state index contributed by atoms with van der Waals surface area (Å²) in [6, 6.07) is 5.57. The Hall–Kier alpha value is -1.14. The minimum atomic E-state index is -0.344. The lowest BCUT2D eigenvalue weighted by Crippen LogP contribution is -2.43. The van der Waals surface area contributed by atoms with E-state index < -0.39 is 0 Å². The van der Waals surface area contributed by atoms with E-state index in [4.69, 9.17) is 4.74 Å². The van der Waals surface area contributed by atoms with Gasteiger partial charge < -0.3 is 9.64 Å². The molecule has 1 atom stereocenters. The zero-order valence-corrected chi connectivity index (χ0v) is 11.7. The van der Waals surface area contributed by atoms with Crippen molar-refractivity contribution in [2.24, 2.45) is 0 Å². The van der Waals surface area contributed by atoms with Gasteiger partial charge in [0, 0.05) is 35.2 Å². The van der Waals surface area contributed by atoms with Crippen LogP contribution in [0.2, 0.25) is 0 Å². The maximum absolute atomic E-state index is 10.9. The molecule has 1 aromatic carbocycles. The number of hydrogen-bond acceptors (Lipinski definition) is 4. The molecule has 0 aromatic heterocycles. The summed E-state index contributed by atoms with van der Waals surface area (Å²) in [5.74, 6) is 0. The van der Waals surface area contributed by atoms with E-state index in [1.165, 1.54) is 0 Å². The highest BCUT2D eigenvalue weighted by Crippen LogP contribution is 2.28. The Morgan fingerprint density at radius 1 is 1.61 bits per heavy atom. The number of nitro benzene ring substituents is 1. The van der Waals surface area contributed by atoms with Gasteiger partial charge in [-0.25, -0.2) is 0 Å². The highest BCUT2D eigenvalue weighted by molar-refractivity contribution is 9.08. The van der Waals surface area contributed by atoms with E-state index in [1.54, 1.807) is 6.07 Å². The predicted molar refractivity (Wildman–Crippen MR) is 73.4 cm³/mol. The molecular weight excluding hydrogens is 300 g/mol. The number of nitro groups is 1. The maximum atomic E-state index is 10.9. The first-order chi connectivity index (χ1) is 8.63. The monoisotopic (exact) mass is 314 g/mol. The van der Waals surface area contributed by atoms with Gasteiger partial charge in [0.25, 0.3) is 5.69 Å². The van der Waals surface area contributed by atoms with Crippen LogP contribution < -0.4 is 4.90 Å². The summed E-state index contributed by atoms with van der Waals surface area (Å²) in [6.45, 7) is 4.31. The molecule has 0 bridgehead atoms. The van der Waals surface area contributed by atoms with Gasteiger partial charge in [-0.1, -0.05) is 15.9 Å². The van der Waals surface area contributed by atoms with Gasteiger partial charge in [-0.15, -0.1) is 0 Å². The molecule has 5 nitrogen and oxygen atoms in total. The van der Waals surface area contributed by atoms with E-state index in [2.05, 4.69) is 27.8 Å². The number of nitrogens with zero attached hydrogens (tertiary/aromatic N) is 2. The Kier molecular flexibility index (Phi) is 4.19. The number of morpholine rings is 1. The average Bonchev–Trinajstić information content (AvgIpc) is 2.38. The van der Waals surface area contributed by atoms with Gasteiger partial charge in [0.15, 0.2) is 0 Å². The molecule has 0 radical (unpaired) electrons. The molecule has 1 aromatic rings. The van der Waals surface area contributed by atoms with E-state index in [-0.39, 0.29) is 10.6 Å². The molecule has 1 aliphatic rings. The van der Waals surface area contributed by atoms with Crippen LogP contribution in [0.15, 0.2) is 18.2 Å². The molecule has 1 saturated heterocycles. The van der Waals surface area contributed by atoms with Crippen molar-refractivity contribution in [1.29, 1.82) is 0 Å². The summed E-state index contributed by atoms with van der Waals surface area (Å²) in [5.41, 5.74) is 1.89. The summed E-state index contributed by atoms with van der Waals surface area (Å²) in [7, 11) is 0. The first-order valence-electron chi connectivity index (χ1n) is 5.81. The van der Waals surface area contributed by atoms with E-state index in [0.29, 0.717) is 30.1 Å². The minimum Gasteiger partial charge on any atom is -0.377 e. The van der Waals surface area contributed by atoms with Crippen LogP contribution in [0.1, 0.15) is 12.5 Å². The van der Waals surface area contributed by atoms with Gasteiger partial charge in [0.2, 0.25) is 0 Å². The first-order valence-corrected chi connectivity index (χ1v) is 6.93. The highest BCUT2D eigenvalue weighted by atomic mass is 79.9. The van der Waals surface area contributed by atoms with Crippen LogP contribution in [0.4, 0.5) is 11.4 Å². The predicted octanol–water partition coefficient (Wildman–Crippen LogP) is 2.71. The molecule has 0 N–H and O–H groups in total. The smallest absolute Gasteiger partial charge is 0.273 e. The van der Waals surface area contributed by atoms with Gasteiger partial charge in [0.05, 0.1) is 18.1 Å². The van der Waals surface area contributed by atoms with Crippen molar-refractivity contribution < 1.29 is 9.66 Å². The Morgan fingerprint density at radius 2 is 2.39 bits per heavy atom. The molecular formula is C12H15BrN2O3. The average molecular weight is 315 g/mol. The molecule has 0 spiro atoms. The minimum absolute atomic E-state index is 0.163. The third-order valence-electron chi connectivity index (χ3n) is 3.10. The number of halogens is 1. The fourth-order valence-corrected chi connectivity index (χ4v) is 2.60. The maximum Gasteiger partial charge on any atom is 0.273 e. The van der Waals surface area contributed by atoms with E-state index in [1.807, 2.05) is 12.1 Å². The van der Waals surface area contributed by atoms with E-state index in [0.717, 1.165) is 12.2 Å². The van der Waals surface area contributed by atoms with Crippen molar-refractivity contribution in [2.75, 3.05) is 24.7 Å². The van der Waals surface area contributed by atoms with Gasteiger partial charge in [-0.3, -0.25) is 10.1 Å². The van der Waals surface area contributed by atoms with Crippen molar-refractivity contribution in [3.05, 3.63) is 33.9 Å². The van der Waals surface area contributed by atoms with E-state index >= 15 is 0 Å². The Balaban J connectivity index is 2.31. The van der Waals surface area contributed by atoms with Crippen LogP contribution in [0.3, 0.4) is 0 Å². The largest absolute Gasteiger partial charge is 0.377 e. The van der Waals surface area contributed by atoms with Crippen molar-refractivity contribution >= 4 is 27.3 Å². The van der Waals surface area contributed by atoms with Crippen molar-refractivity contribution in [2.45, 2.75) is 18.3 Å². The van der Waals surface area contributed by atoms with Gasteiger partial charge >= 0.3 is 0 Å². The zero-order valence-electron chi connectivity index (χ0n) is 10.1. The summed E-state index contributed by atoms with van der Waals surface area (Å²) >= 11 is 3.30. The second-order valence-corrected chi connectivity index (χ2v) is 4.88. The number of hydrogen-bond donors (Lipinski definition) is 0. The fraction of sp³-hybridized carbons (Fsp3) is 0.500. The molecule has 2 rings (SSSR count). The summed E-state index contributed by atoms with van der Waals surface area (Å²) < 4.78 is 5.39. The summed E-state index contributed by atoms with van der Waals surface area (Å²) in [5, 5.41) is 11.4. The molecule has 1 unspecified atom stereocenters. The molecule has 0 amide bonds. The van der Waals surface area contributed by atoms with Crippen LogP contribution in [0.5, 0.6) is 0 Å². The molecule has 0 saturated carbocycles. The Labute approximate surface area is 114 Å². The molecule has 6 heteroatoms. The lowest BCUT2D eigenvalue weighted by Gasteiger charge is -2.35. The third kappa shape index (κ3) is 2.64. The van der Waals surface area contributed by atoms with Crippen molar-refractivity contribution in [3.63, 3.8) is 0 Å². The first kappa shape index (κ1) is 13.3. The summed E-state index contributed by atoms with van der Waals surface area (Å²) in [4.78, 5) is 12.8. The standard InChI is InChI=1S/C12H15BrN2O3/c1-9-8-18-5-4-14(9)11-2-3-12(15(16)17)10(6-11)7-13/h2-3,6,9H,4-5,7-8H2,1H3. The van der Waals surface area contributed by atoms with Gasteiger partial charge in [-0.05, 0) is 19.1 Å². The quantitative estimate of drug-likeness (QED) is 0.489. The molecule has 98 valence electrons. The van der Waals surface area contributed by atoms with E-state index in [9.17, 15) is 10.1 Å². The molecule has 1 aliphatic heterocycles.